The fourth-order valence-corrected chi connectivity index (χ4v) is 1.97. The minimum Gasteiger partial charge on any atom is -0.0988 e. The normalized spacial score (nSPS) is 17.7. The maximum Gasteiger partial charge on any atom is 0.0143 e. The van der Waals surface area contributed by atoms with E-state index in [1.165, 1.54) is 17.6 Å². The topological polar surface area (TPSA) is 0 Å². The largest absolute Gasteiger partial charge is 0.0988 e. The summed E-state index contributed by atoms with van der Waals surface area (Å²) in [7, 11) is 0. The van der Waals surface area contributed by atoms with E-state index in [0.717, 1.165) is 6.42 Å². The van der Waals surface area contributed by atoms with E-state index in [0.29, 0.717) is 0 Å². The van der Waals surface area contributed by atoms with Gasteiger partial charge < -0.3 is 0 Å². The van der Waals surface area contributed by atoms with E-state index < -0.39 is 0 Å². The maximum atomic E-state index is 3.92. The Hall–Kier alpha value is -1.30. The lowest BCUT2D eigenvalue weighted by atomic mass is 9.75. The van der Waals surface area contributed by atoms with Gasteiger partial charge in [0.05, 0.1) is 0 Å². The summed E-state index contributed by atoms with van der Waals surface area (Å²) in [5.41, 5.74) is 2.72. The minimum atomic E-state index is 0.0538. The number of allylic oxidation sites excluding steroid dienone is 9. The fraction of sp³-hybridized carbons (Fsp3) is 0.375. The molecule has 0 aromatic heterocycles. The van der Waals surface area contributed by atoms with E-state index in [1.54, 1.807) is 0 Å². The predicted molar refractivity (Wildman–Crippen MR) is 73.3 cm³/mol. The van der Waals surface area contributed by atoms with E-state index in [1.807, 2.05) is 19.1 Å². The molecule has 0 unspecified atom stereocenters. The van der Waals surface area contributed by atoms with Crippen molar-refractivity contribution in [3.63, 3.8) is 0 Å². The van der Waals surface area contributed by atoms with Gasteiger partial charge in [0.1, 0.15) is 0 Å². The Labute approximate surface area is 99.8 Å². The van der Waals surface area contributed by atoms with Gasteiger partial charge >= 0.3 is 0 Å². The van der Waals surface area contributed by atoms with Crippen molar-refractivity contribution in [1.29, 1.82) is 0 Å². The van der Waals surface area contributed by atoms with E-state index in [4.69, 9.17) is 0 Å². The molecule has 16 heavy (non-hydrogen) atoms. The Morgan fingerprint density at radius 1 is 1.38 bits per heavy atom. The number of hydrogen-bond donors (Lipinski definition) is 0. The van der Waals surface area contributed by atoms with Gasteiger partial charge in [0.15, 0.2) is 0 Å². The van der Waals surface area contributed by atoms with Crippen LogP contribution in [-0.4, -0.2) is 0 Å². The molecule has 0 saturated carbocycles. The van der Waals surface area contributed by atoms with Gasteiger partial charge in [-0.2, -0.15) is 0 Å². The van der Waals surface area contributed by atoms with Crippen molar-refractivity contribution >= 4 is 0 Å². The first-order valence-electron chi connectivity index (χ1n) is 5.96. The summed E-state index contributed by atoms with van der Waals surface area (Å²) >= 11 is 0. The Morgan fingerprint density at radius 2 is 2.12 bits per heavy atom. The first kappa shape index (κ1) is 12.8. The van der Waals surface area contributed by atoms with E-state index in [-0.39, 0.29) is 5.41 Å². The Morgan fingerprint density at radius 3 is 2.62 bits per heavy atom. The van der Waals surface area contributed by atoms with Gasteiger partial charge in [0.2, 0.25) is 0 Å². The van der Waals surface area contributed by atoms with Crippen LogP contribution in [0.1, 0.15) is 33.6 Å². The highest BCUT2D eigenvalue weighted by molar-refractivity contribution is 5.41. The molecule has 0 bridgehead atoms. The fourth-order valence-electron chi connectivity index (χ4n) is 1.97. The summed E-state index contributed by atoms with van der Waals surface area (Å²) in [6.07, 6.45) is 17.4. The van der Waals surface area contributed by atoms with Crippen LogP contribution in [0.3, 0.4) is 0 Å². The molecule has 0 saturated heterocycles. The average molecular weight is 214 g/mol. The molecule has 0 heteroatoms. The number of hydrogen-bond acceptors (Lipinski definition) is 0. The lowest BCUT2D eigenvalue weighted by Gasteiger charge is -2.29. The van der Waals surface area contributed by atoms with Crippen LogP contribution in [-0.2, 0) is 0 Å². The molecule has 0 aromatic carbocycles. The van der Waals surface area contributed by atoms with Crippen LogP contribution in [0, 0.1) is 5.41 Å². The first-order valence-corrected chi connectivity index (χ1v) is 5.96. The van der Waals surface area contributed by atoms with Gasteiger partial charge in [-0.25, -0.2) is 0 Å². The second-order valence-electron chi connectivity index (χ2n) is 4.62. The van der Waals surface area contributed by atoms with Crippen molar-refractivity contribution in [2.45, 2.75) is 33.6 Å². The van der Waals surface area contributed by atoms with Crippen LogP contribution < -0.4 is 0 Å². The van der Waals surface area contributed by atoms with E-state index in [9.17, 15) is 0 Å². The highest BCUT2D eigenvalue weighted by Gasteiger charge is 2.24. The standard InChI is InChI=1S/C16H22/c1-5-7-11-14(6-2)16(3,4)15-12-9-8-10-13-15/h5-7,9,11-13H,2,8,10H2,1,3-4H3/b7-5-,14-11+. The van der Waals surface area contributed by atoms with Crippen molar-refractivity contribution in [2.75, 3.05) is 0 Å². The Kier molecular flexibility index (Phi) is 4.54. The van der Waals surface area contributed by atoms with Crippen LogP contribution in [0.15, 0.2) is 60.3 Å². The molecule has 1 aliphatic rings. The van der Waals surface area contributed by atoms with Crippen molar-refractivity contribution < 1.29 is 0 Å². The summed E-state index contributed by atoms with van der Waals surface area (Å²) < 4.78 is 0. The lowest BCUT2D eigenvalue weighted by Crippen LogP contribution is -2.16. The quantitative estimate of drug-likeness (QED) is 0.579. The summed E-state index contributed by atoms with van der Waals surface area (Å²) in [5, 5.41) is 0. The molecule has 1 rings (SSSR count). The smallest absolute Gasteiger partial charge is 0.0143 e. The van der Waals surface area contributed by atoms with Gasteiger partial charge in [0, 0.05) is 5.41 Å². The molecule has 0 amide bonds. The molecule has 1 aliphatic carbocycles. The van der Waals surface area contributed by atoms with Crippen molar-refractivity contribution in [3.05, 3.63) is 60.3 Å². The van der Waals surface area contributed by atoms with Crippen LogP contribution in [0.5, 0.6) is 0 Å². The molecule has 0 radical (unpaired) electrons. The van der Waals surface area contributed by atoms with Gasteiger partial charge in [-0.1, -0.05) is 63.0 Å². The van der Waals surface area contributed by atoms with Crippen LogP contribution in [0.2, 0.25) is 0 Å². The van der Waals surface area contributed by atoms with Crippen LogP contribution in [0.4, 0.5) is 0 Å². The Bertz CT molecular complexity index is 359. The zero-order valence-corrected chi connectivity index (χ0v) is 10.7. The molecule has 0 spiro atoms. The first-order chi connectivity index (χ1) is 7.62. The third kappa shape index (κ3) is 2.85. The third-order valence-electron chi connectivity index (χ3n) is 3.13. The van der Waals surface area contributed by atoms with Crippen molar-refractivity contribution in [1.82, 2.24) is 0 Å². The maximum absolute atomic E-state index is 3.92. The van der Waals surface area contributed by atoms with E-state index in [2.05, 4.69) is 50.8 Å². The molecule has 0 nitrogen and oxygen atoms in total. The average Bonchev–Trinajstić information content (AvgIpc) is 2.31. The van der Waals surface area contributed by atoms with E-state index >= 15 is 0 Å². The summed E-state index contributed by atoms with van der Waals surface area (Å²) in [6.45, 7) is 10.5. The summed E-state index contributed by atoms with van der Waals surface area (Å²) in [4.78, 5) is 0. The van der Waals surface area contributed by atoms with Crippen molar-refractivity contribution in [3.8, 4) is 0 Å². The van der Waals surface area contributed by atoms with Gasteiger partial charge in [-0.05, 0) is 30.9 Å². The molecule has 0 N–H and O–H groups in total. The molecule has 86 valence electrons. The van der Waals surface area contributed by atoms with Gasteiger partial charge in [0.25, 0.3) is 0 Å². The monoisotopic (exact) mass is 214 g/mol. The third-order valence-corrected chi connectivity index (χ3v) is 3.13. The molecule has 0 atom stereocenters. The number of rotatable bonds is 4. The lowest BCUT2D eigenvalue weighted by molar-refractivity contribution is 0.560. The zero-order chi connectivity index (χ0) is 12.0. The molecular weight excluding hydrogens is 192 g/mol. The van der Waals surface area contributed by atoms with Crippen LogP contribution >= 0.6 is 0 Å². The highest BCUT2D eigenvalue weighted by atomic mass is 14.3. The van der Waals surface area contributed by atoms with Gasteiger partial charge in [-0.15, -0.1) is 0 Å². The summed E-state index contributed by atoms with van der Waals surface area (Å²) in [6, 6.07) is 0. The summed E-state index contributed by atoms with van der Waals surface area (Å²) in [5.74, 6) is 0. The van der Waals surface area contributed by atoms with Crippen molar-refractivity contribution in [2.24, 2.45) is 5.41 Å². The molecule has 0 aromatic rings. The molecule has 0 fully saturated rings. The zero-order valence-electron chi connectivity index (χ0n) is 10.7. The molecule has 0 aliphatic heterocycles. The minimum absolute atomic E-state index is 0.0538. The molecular formula is C16H22. The Balaban J connectivity index is 3.02. The highest BCUT2D eigenvalue weighted by Crippen LogP contribution is 2.37. The molecule has 0 heterocycles. The van der Waals surface area contributed by atoms with Gasteiger partial charge in [-0.3, -0.25) is 0 Å². The second-order valence-corrected chi connectivity index (χ2v) is 4.62. The second kappa shape index (κ2) is 5.69. The SMILES string of the molecule is C=C/C(=C\C=C/C)C(C)(C)C1=CCCC=C1. The van der Waals surface area contributed by atoms with Crippen LogP contribution in [0.25, 0.3) is 0 Å². The predicted octanol–water partition coefficient (Wildman–Crippen LogP) is 4.98.